The summed E-state index contributed by atoms with van der Waals surface area (Å²) >= 11 is 0. The van der Waals surface area contributed by atoms with Crippen molar-refractivity contribution in [2.45, 2.75) is 45.8 Å². The van der Waals surface area contributed by atoms with Crippen LogP contribution >= 0.6 is 0 Å². The van der Waals surface area contributed by atoms with Gasteiger partial charge in [-0.1, -0.05) is 30.3 Å². The van der Waals surface area contributed by atoms with Crippen molar-refractivity contribution in [1.29, 1.82) is 0 Å². The number of pyridine rings is 1. The molecule has 1 saturated heterocycles. The molecular formula is C25H33N3O4. The summed E-state index contributed by atoms with van der Waals surface area (Å²) in [5, 5.41) is 0. The Morgan fingerprint density at radius 2 is 1.94 bits per heavy atom. The van der Waals surface area contributed by atoms with Crippen molar-refractivity contribution in [2.24, 2.45) is 5.92 Å². The Morgan fingerprint density at radius 3 is 2.66 bits per heavy atom. The van der Waals surface area contributed by atoms with Crippen LogP contribution in [0.3, 0.4) is 0 Å². The molecule has 2 aromatic rings. The second-order valence-corrected chi connectivity index (χ2v) is 9.28. The van der Waals surface area contributed by atoms with E-state index in [2.05, 4.69) is 4.98 Å². The molecule has 0 aliphatic carbocycles. The van der Waals surface area contributed by atoms with Gasteiger partial charge < -0.3 is 19.3 Å². The zero-order chi connectivity index (χ0) is 23.1. The first-order valence-electron chi connectivity index (χ1n) is 11.1. The molecule has 32 heavy (non-hydrogen) atoms. The number of carbonyl (C=O) groups is 2. The van der Waals surface area contributed by atoms with Crippen LogP contribution in [-0.4, -0.2) is 59.1 Å². The van der Waals surface area contributed by atoms with Crippen molar-refractivity contribution in [3.05, 3.63) is 59.8 Å². The molecule has 1 aromatic heterocycles. The van der Waals surface area contributed by atoms with Crippen LogP contribution in [0, 0.1) is 5.92 Å². The number of hydrogen-bond donors (Lipinski definition) is 0. The minimum Gasteiger partial charge on any atom is -0.473 e. The lowest BCUT2D eigenvalue weighted by Gasteiger charge is -2.35. The Bertz CT molecular complexity index is 911. The van der Waals surface area contributed by atoms with Crippen molar-refractivity contribution >= 4 is 12.0 Å². The van der Waals surface area contributed by atoms with E-state index in [1.165, 1.54) is 0 Å². The van der Waals surface area contributed by atoms with Gasteiger partial charge in [-0.2, -0.15) is 0 Å². The molecule has 1 aliphatic rings. The lowest BCUT2D eigenvalue weighted by atomic mass is 9.97. The summed E-state index contributed by atoms with van der Waals surface area (Å²) in [7, 11) is 1.74. The molecule has 7 nitrogen and oxygen atoms in total. The smallest absolute Gasteiger partial charge is 0.410 e. The van der Waals surface area contributed by atoms with E-state index in [9.17, 15) is 9.59 Å². The van der Waals surface area contributed by atoms with Gasteiger partial charge in [0.15, 0.2) is 0 Å². The van der Waals surface area contributed by atoms with Gasteiger partial charge in [-0.05, 0) is 51.2 Å². The maximum absolute atomic E-state index is 13.1. The summed E-state index contributed by atoms with van der Waals surface area (Å²) in [5.41, 5.74) is 1.07. The van der Waals surface area contributed by atoms with Crippen LogP contribution in [0.1, 0.15) is 49.5 Å². The molecule has 1 fully saturated rings. The molecule has 2 heterocycles. The van der Waals surface area contributed by atoms with Gasteiger partial charge in [-0.15, -0.1) is 0 Å². The van der Waals surface area contributed by atoms with E-state index in [4.69, 9.17) is 9.47 Å². The number of carbonyl (C=O) groups excluding carboxylic acids is 2. The second-order valence-electron chi connectivity index (χ2n) is 9.28. The first-order chi connectivity index (χ1) is 15.2. The molecule has 1 aliphatic heterocycles. The Balaban J connectivity index is 1.57. The molecule has 3 rings (SSSR count). The minimum atomic E-state index is -0.526. The normalized spacial score (nSPS) is 16.4. The van der Waals surface area contributed by atoms with Gasteiger partial charge in [0.05, 0.1) is 0 Å². The molecule has 0 spiro atoms. The Hall–Kier alpha value is -3.09. The molecule has 0 bridgehead atoms. The average molecular weight is 440 g/mol. The Morgan fingerprint density at radius 1 is 1.19 bits per heavy atom. The summed E-state index contributed by atoms with van der Waals surface area (Å²) in [4.78, 5) is 33.1. The quantitative estimate of drug-likeness (QED) is 0.668. The summed E-state index contributed by atoms with van der Waals surface area (Å²) in [6.07, 6.45) is 3.14. The molecule has 172 valence electrons. The van der Waals surface area contributed by atoms with E-state index in [1.807, 2.05) is 56.0 Å². The fourth-order valence-electron chi connectivity index (χ4n) is 3.74. The highest BCUT2D eigenvalue weighted by molar-refractivity contribution is 5.94. The van der Waals surface area contributed by atoms with E-state index >= 15 is 0 Å². The number of aromatic nitrogens is 1. The Kier molecular flexibility index (Phi) is 7.72. The molecule has 7 heteroatoms. The number of likely N-dealkylation sites (tertiary alicyclic amines) is 1. The standard InChI is InChI=1S/C25H33N3O4/c1-25(2,3)32-24(30)27(4)16-20-11-8-14-28(17-20)23(29)21-12-13-26-22(15-21)31-18-19-9-6-5-7-10-19/h5-7,9-10,12-13,15,20H,8,11,14,16-18H2,1-4H3. The van der Waals surface area contributed by atoms with E-state index < -0.39 is 5.60 Å². The first kappa shape index (κ1) is 23.6. The van der Waals surface area contributed by atoms with Gasteiger partial charge in [0.25, 0.3) is 5.91 Å². The van der Waals surface area contributed by atoms with Crippen molar-refractivity contribution in [1.82, 2.24) is 14.8 Å². The fourth-order valence-corrected chi connectivity index (χ4v) is 3.74. The van der Waals surface area contributed by atoms with Gasteiger partial charge in [-0.3, -0.25) is 4.79 Å². The van der Waals surface area contributed by atoms with E-state index in [0.717, 1.165) is 18.4 Å². The van der Waals surface area contributed by atoms with Gasteiger partial charge in [0, 0.05) is 44.5 Å². The molecule has 1 unspecified atom stereocenters. The van der Waals surface area contributed by atoms with Crippen LogP contribution < -0.4 is 4.74 Å². The van der Waals surface area contributed by atoms with Crippen LogP contribution in [-0.2, 0) is 11.3 Å². The summed E-state index contributed by atoms with van der Waals surface area (Å²) in [6, 6.07) is 13.3. The maximum atomic E-state index is 13.1. The van der Waals surface area contributed by atoms with E-state index in [-0.39, 0.29) is 17.9 Å². The van der Waals surface area contributed by atoms with Gasteiger partial charge >= 0.3 is 6.09 Å². The van der Waals surface area contributed by atoms with Gasteiger partial charge in [-0.25, -0.2) is 9.78 Å². The molecule has 2 amide bonds. The predicted octanol–water partition coefficient (Wildman–Crippen LogP) is 4.38. The molecular weight excluding hydrogens is 406 g/mol. The van der Waals surface area contributed by atoms with Crippen molar-refractivity contribution in [3.8, 4) is 5.88 Å². The van der Waals surface area contributed by atoms with Crippen LogP contribution in [0.4, 0.5) is 4.79 Å². The number of ether oxygens (including phenoxy) is 2. The van der Waals surface area contributed by atoms with E-state index in [0.29, 0.717) is 37.7 Å². The Labute approximate surface area is 190 Å². The molecule has 0 N–H and O–H groups in total. The van der Waals surface area contributed by atoms with Crippen LogP contribution in [0.2, 0.25) is 0 Å². The van der Waals surface area contributed by atoms with Crippen LogP contribution in [0.5, 0.6) is 5.88 Å². The summed E-state index contributed by atoms with van der Waals surface area (Å²) < 4.78 is 11.2. The summed E-state index contributed by atoms with van der Waals surface area (Å²) in [6.45, 7) is 7.82. The van der Waals surface area contributed by atoms with Crippen LogP contribution in [0.25, 0.3) is 0 Å². The van der Waals surface area contributed by atoms with Crippen molar-refractivity contribution in [3.63, 3.8) is 0 Å². The largest absolute Gasteiger partial charge is 0.473 e. The third-order valence-electron chi connectivity index (χ3n) is 5.25. The highest BCUT2D eigenvalue weighted by atomic mass is 16.6. The molecule has 0 saturated carbocycles. The minimum absolute atomic E-state index is 0.0402. The summed E-state index contributed by atoms with van der Waals surface area (Å²) in [5.74, 6) is 0.598. The number of rotatable bonds is 6. The maximum Gasteiger partial charge on any atom is 0.410 e. The van der Waals surface area contributed by atoms with Crippen molar-refractivity contribution in [2.75, 3.05) is 26.7 Å². The zero-order valence-electron chi connectivity index (χ0n) is 19.4. The molecule has 1 atom stereocenters. The monoisotopic (exact) mass is 439 g/mol. The van der Waals surface area contributed by atoms with Crippen molar-refractivity contribution < 1.29 is 19.1 Å². The second kappa shape index (κ2) is 10.5. The highest BCUT2D eigenvalue weighted by Gasteiger charge is 2.28. The first-order valence-corrected chi connectivity index (χ1v) is 11.1. The van der Waals surface area contributed by atoms with E-state index in [1.54, 1.807) is 30.3 Å². The number of piperidine rings is 1. The average Bonchev–Trinajstić information content (AvgIpc) is 2.77. The third-order valence-corrected chi connectivity index (χ3v) is 5.25. The molecule has 1 aromatic carbocycles. The van der Waals surface area contributed by atoms with Gasteiger partial charge in [0.1, 0.15) is 12.2 Å². The lowest BCUT2D eigenvalue weighted by molar-refractivity contribution is 0.0244. The molecule has 0 radical (unpaired) electrons. The lowest BCUT2D eigenvalue weighted by Crippen LogP contribution is -2.45. The predicted molar refractivity (Wildman–Crippen MR) is 123 cm³/mol. The van der Waals surface area contributed by atoms with Crippen LogP contribution in [0.15, 0.2) is 48.7 Å². The number of benzene rings is 1. The SMILES string of the molecule is CN(CC1CCCN(C(=O)c2ccnc(OCc3ccccc3)c2)C1)C(=O)OC(C)(C)C. The number of amides is 2. The number of hydrogen-bond acceptors (Lipinski definition) is 5. The number of nitrogens with zero attached hydrogens (tertiary/aromatic N) is 3. The third kappa shape index (κ3) is 6.97. The topological polar surface area (TPSA) is 72.0 Å². The van der Waals surface area contributed by atoms with Gasteiger partial charge in [0.2, 0.25) is 5.88 Å². The zero-order valence-corrected chi connectivity index (χ0v) is 19.4. The fraction of sp³-hybridized carbons (Fsp3) is 0.480. The highest BCUT2D eigenvalue weighted by Crippen LogP contribution is 2.21.